The Bertz CT molecular complexity index is 727. The average Bonchev–Trinajstić information content (AvgIpc) is 2.55. The van der Waals surface area contributed by atoms with E-state index >= 15 is 0 Å². The minimum Gasteiger partial charge on any atom is -0.496 e. The number of nitrogens with zero attached hydrogens (tertiary/aromatic N) is 2. The number of likely N-dealkylation sites (N-methyl/N-ethyl adjacent to an activating group) is 1. The maximum absolute atomic E-state index is 9.44. The number of rotatable bonds is 4. The molecule has 1 saturated heterocycles. The Kier molecular flexibility index (Phi) is 4.52. The third-order valence-corrected chi connectivity index (χ3v) is 5.04. The zero-order valence-electron chi connectivity index (χ0n) is 15.0. The Morgan fingerprint density at radius 3 is 2.62 bits per heavy atom. The van der Waals surface area contributed by atoms with Crippen molar-refractivity contribution in [2.24, 2.45) is 0 Å². The van der Waals surface area contributed by atoms with Gasteiger partial charge in [-0.05, 0) is 37.1 Å². The maximum atomic E-state index is 9.44. The predicted octanol–water partition coefficient (Wildman–Crippen LogP) is 3.01. The summed E-state index contributed by atoms with van der Waals surface area (Å²) in [4.78, 5) is 4.35. The molecule has 3 rings (SSSR count). The van der Waals surface area contributed by atoms with E-state index in [1.54, 1.807) is 7.11 Å². The molecular weight excluding hydrogens is 300 g/mol. The molecule has 0 radical (unpaired) electrons. The molecule has 128 valence electrons. The third kappa shape index (κ3) is 2.99. The minimum atomic E-state index is -0.179. The van der Waals surface area contributed by atoms with Gasteiger partial charge in [0, 0.05) is 49.2 Å². The van der Waals surface area contributed by atoms with Crippen molar-refractivity contribution in [1.29, 1.82) is 0 Å². The van der Waals surface area contributed by atoms with Gasteiger partial charge in [-0.2, -0.15) is 0 Å². The fraction of sp³-hybridized carbons (Fsp3) is 0.400. The van der Waals surface area contributed by atoms with Crippen molar-refractivity contribution < 1.29 is 9.84 Å². The van der Waals surface area contributed by atoms with Crippen LogP contribution < -0.4 is 4.74 Å². The lowest BCUT2D eigenvalue weighted by Crippen LogP contribution is -2.49. The van der Waals surface area contributed by atoms with Crippen LogP contribution in [0.25, 0.3) is 5.57 Å². The smallest absolute Gasteiger partial charge is 0.123 e. The van der Waals surface area contributed by atoms with Crippen molar-refractivity contribution in [1.82, 2.24) is 9.80 Å². The van der Waals surface area contributed by atoms with Crippen LogP contribution >= 0.6 is 0 Å². The van der Waals surface area contributed by atoms with Gasteiger partial charge in [-0.1, -0.05) is 18.7 Å². The summed E-state index contributed by atoms with van der Waals surface area (Å²) in [6, 6.07) is 6.39. The number of likely N-dealkylation sites (tertiary alicyclic amines) is 1. The van der Waals surface area contributed by atoms with E-state index in [-0.39, 0.29) is 6.10 Å². The van der Waals surface area contributed by atoms with E-state index in [0.717, 1.165) is 42.2 Å². The standard InChI is InChI=1S/C20H26N2O2/c1-13-8-19(15(3)21(4)14(13)2)16-6-7-17(20(9-16)24-5)10-22-11-18(23)12-22/h6-9,18,23H,2,10-12H2,1,3-5H3. The van der Waals surface area contributed by atoms with Crippen molar-refractivity contribution in [3.05, 3.63) is 58.9 Å². The van der Waals surface area contributed by atoms with Gasteiger partial charge in [-0.15, -0.1) is 0 Å². The van der Waals surface area contributed by atoms with Crippen LogP contribution in [0.15, 0.2) is 47.8 Å². The second-order valence-electron chi connectivity index (χ2n) is 6.71. The zero-order chi connectivity index (χ0) is 17.4. The van der Waals surface area contributed by atoms with Crippen LogP contribution in [0.5, 0.6) is 5.75 Å². The van der Waals surface area contributed by atoms with E-state index in [1.165, 1.54) is 16.8 Å². The highest BCUT2D eigenvalue weighted by molar-refractivity contribution is 5.80. The quantitative estimate of drug-likeness (QED) is 0.923. The highest BCUT2D eigenvalue weighted by Crippen LogP contribution is 2.34. The van der Waals surface area contributed by atoms with Crippen molar-refractivity contribution in [2.45, 2.75) is 26.5 Å². The topological polar surface area (TPSA) is 35.9 Å². The molecule has 1 N–H and O–H groups in total. The summed E-state index contributed by atoms with van der Waals surface area (Å²) in [7, 11) is 3.76. The average molecular weight is 326 g/mol. The number of hydrogen-bond acceptors (Lipinski definition) is 4. The first-order chi connectivity index (χ1) is 11.4. The van der Waals surface area contributed by atoms with Crippen molar-refractivity contribution in [3.63, 3.8) is 0 Å². The van der Waals surface area contributed by atoms with Gasteiger partial charge in [0.1, 0.15) is 5.75 Å². The zero-order valence-corrected chi connectivity index (χ0v) is 15.0. The number of aliphatic hydroxyl groups is 1. The van der Waals surface area contributed by atoms with Gasteiger partial charge in [0.05, 0.1) is 13.2 Å². The number of ether oxygens (including phenoxy) is 1. The maximum Gasteiger partial charge on any atom is 0.123 e. The molecule has 0 aliphatic carbocycles. The van der Waals surface area contributed by atoms with Crippen LogP contribution in [0.2, 0.25) is 0 Å². The molecule has 0 saturated carbocycles. The van der Waals surface area contributed by atoms with Gasteiger partial charge in [0.25, 0.3) is 0 Å². The molecule has 4 heteroatoms. The molecule has 0 unspecified atom stereocenters. The summed E-state index contributed by atoms with van der Waals surface area (Å²) in [5.41, 5.74) is 6.90. The van der Waals surface area contributed by atoms with Crippen molar-refractivity contribution >= 4 is 5.57 Å². The molecule has 0 amide bonds. The van der Waals surface area contributed by atoms with Gasteiger partial charge in [0.15, 0.2) is 0 Å². The summed E-state index contributed by atoms with van der Waals surface area (Å²) in [5.74, 6) is 0.896. The molecule has 24 heavy (non-hydrogen) atoms. The van der Waals surface area contributed by atoms with Crippen LogP contribution in [-0.2, 0) is 6.54 Å². The van der Waals surface area contributed by atoms with Gasteiger partial charge >= 0.3 is 0 Å². The number of allylic oxidation sites excluding steroid dienone is 4. The van der Waals surface area contributed by atoms with Crippen LogP contribution in [0.1, 0.15) is 25.0 Å². The molecule has 2 heterocycles. The highest BCUT2D eigenvalue weighted by Gasteiger charge is 2.25. The number of methoxy groups -OCH3 is 1. The fourth-order valence-electron chi connectivity index (χ4n) is 3.30. The lowest BCUT2D eigenvalue weighted by molar-refractivity contribution is -0.00321. The molecule has 2 aliphatic rings. The molecule has 2 aliphatic heterocycles. The molecule has 0 atom stereocenters. The molecule has 0 aromatic heterocycles. The Labute approximate surface area is 144 Å². The number of benzene rings is 1. The molecule has 1 aromatic carbocycles. The molecule has 0 spiro atoms. The van der Waals surface area contributed by atoms with Gasteiger partial charge in [-0.25, -0.2) is 0 Å². The van der Waals surface area contributed by atoms with Crippen molar-refractivity contribution in [2.75, 3.05) is 27.2 Å². The van der Waals surface area contributed by atoms with E-state index in [4.69, 9.17) is 4.74 Å². The van der Waals surface area contributed by atoms with Gasteiger partial charge in [0.2, 0.25) is 0 Å². The number of β-amino-alcohol motifs (C(OH)–C–C–N with tert-alkyl or cyclic N) is 1. The van der Waals surface area contributed by atoms with Crippen LogP contribution in [-0.4, -0.2) is 48.3 Å². The molecule has 1 aromatic rings. The third-order valence-electron chi connectivity index (χ3n) is 5.04. The highest BCUT2D eigenvalue weighted by atomic mass is 16.5. The first kappa shape index (κ1) is 16.8. The largest absolute Gasteiger partial charge is 0.496 e. The van der Waals surface area contributed by atoms with E-state index in [2.05, 4.69) is 61.5 Å². The van der Waals surface area contributed by atoms with Gasteiger partial charge < -0.3 is 14.7 Å². The van der Waals surface area contributed by atoms with E-state index in [9.17, 15) is 5.11 Å². The molecule has 1 fully saturated rings. The van der Waals surface area contributed by atoms with E-state index in [0.29, 0.717) is 0 Å². The molecule has 4 nitrogen and oxygen atoms in total. The lowest BCUT2D eigenvalue weighted by atomic mass is 9.95. The van der Waals surface area contributed by atoms with Crippen LogP contribution in [0.4, 0.5) is 0 Å². The minimum absolute atomic E-state index is 0.179. The molecular formula is C20H26N2O2. The summed E-state index contributed by atoms with van der Waals surface area (Å²) in [6.45, 7) is 10.6. The summed E-state index contributed by atoms with van der Waals surface area (Å²) < 4.78 is 5.62. The Balaban J connectivity index is 1.91. The molecule has 0 bridgehead atoms. The van der Waals surface area contributed by atoms with Crippen LogP contribution in [0.3, 0.4) is 0 Å². The lowest BCUT2D eigenvalue weighted by Gasteiger charge is -2.36. The summed E-state index contributed by atoms with van der Waals surface area (Å²) in [6.07, 6.45) is 2.01. The monoisotopic (exact) mass is 326 g/mol. The normalized spacial score (nSPS) is 19.5. The van der Waals surface area contributed by atoms with Crippen LogP contribution in [0, 0.1) is 0 Å². The Morgan fingerprint density at radius 1 is 1.29 bits per heavy atom. The van der Waals surface area contributed by atoms with E-state index < -0.39 is 0 Å². The Morgan fingerprint density at radius 2 is 2.00 bits per heavy atom. The van der Waals surface area contributed by atoms with Gasteiger partial charge in [-0.3, -0.25) is 4.90 Å². The fourth-order valence-corrected chi connectivity index (χ4v) is 3.30. The predicted molar refractivity (Wildman–Crippen MR) is 97.5 cm³/mol. The summed E-state index contributed by atoms with van der Waals surface area (Å²) >= 11 is 0. The SMILES string of the molecule is C=C1C(C)=CC(c2ccc(CN3CC(O)C3)c(OC)c2)=C(C)N1C. The van der Waals surface area contributed by atoms with Crippen molar-refractivity contribution in [3.8, 4) is 5.75 Å². The number of hydrogen-bond donors (Lipinski definition) is 1. The first-order valence-electron chi connectivity index (χ1n) is 8.30. The van der Waals surface area contributed by atoms with E-state index in [1.807, 2.05) is 0 Å². The summed E-state index contributed by atoms with van der Waals surface area (Å²) in [5, 5.41) is 9.44. The second-order valence-corrected chi connectivity index (χ2v) is 6.71. The second kappa shape index (κ2) is 6.46. The Hall–Kier alpha value is -2.04. The first-order valence-corrected chi connectivity index (χ1v) is 8.30. The number of aliphatic hydroxyl groups excluding tert-OH is 1.